The molecule has 0 atom stereocenters. The Kier molecular flexibility index (Phi) is 6.45. The van der Waals surface area contributed by atoms with Crippen molar-refractivity contribution in [2.24, 2.45) is 5.10 Å². The number of hydrogen-bond donors (Lipinski definition) is 0. The Hall–Kier alpha value is -2.62. The maximum Gasteiger partial charge on any atom is 0.212 e. The van der Waals surface area contributed by atoms with E-state index in [2.05, 4.69) is 15.3 Å². The lowest BCUT2D eigenvalue weighted by Crippen LogP contribution is -2.15. The molecule has 0 bridgehead atoms. The Bertz CT molecular complexity index is 1130. The molecule has 162 valence electrons. The predicted molar refractivity (Wildman–Crippen MR) is 120 cm³/mol. The fourth-order valence-electron chi connectivity index (χ4n) is 2.96. The average Bonchev–Trinajstić information content (AvgIpc) is 3.20. The number of fused-ring (bicyclic) bond motifs is 1. The Morgan fingerprint density at radius 2 is 1.71 bits per heavy atom. The molecule has 0 unspecified atom stereocenters. The first kappa shape index (κ1) is 21.6. The van der Waals surface area contributed by atoms with Crippen LogP contribution in [-0.4, -0.2) is 47.7 Å². The van der Waals surface area contributed by atoms with Gasteiger partial charge in [-0.25, -0.2) is 0 Å². The third kappa shape index (κ3) is 4.39. The van der Waals surface area contributed by atoms with Crippen molar-refractivity contribution in [3.8, 4) is 23.0 Å². The molecule has 2 heterocycles. The van der Waals surface area contributed by atoms with Gasteiger partial charge in [-0.2, -0.15) is 9.78 Å². The van der Waals surface area contributed by atoms with Gasteiger partial charge in [0.2, 0.25) is 10.9 Å². The number of benzene rings is 2. The lowest BCUT2D eigenvalue weighted by atomic mass is 10.1. The minimum absolute atomic E-state index is 0.143. The van der Waals surface area contributed by atoms with Crippen LogP contribution in [0.25, 0.3) is 0 Å². The van der Waals surface area contributed by atoms with Crippen molar-refractivity contribution < 1.29 is 18.9 Å². The zero-order valence-corrected chi connectivity index (χ0v) is 19.2. The molecule has 8 nitrogen and oxygen atoms in total. The highest BCUT2D eigenvalue weighted by Gasteiger charge is 2.21. The van der Waals surface area contributed by atoms with Crippen molar-refractivity contribution in [2.45, 2.75) is 11.8 Å². The Labute approximate surface area is 193 Å². The van der Waals surface area contributed by atoms with E-state index in [0.717, 1.165) is 11.3 Å². The summed E-state index contributed by atoms with van der Waals surface area (Å²) in [6, 6.07) is 8.87. The molecule has 0 saturated heterocycles. The van der Waals surface area contributed by atoms with E-state index in [-0.39, 0.29) is 6.61 Å². The molecule has 0 aliphatic carbocycles. The summed E-state index contributed by atoms with van der Waals surface area (Å²) in [5.74, 6) is 3.21. The Morgan fingerprint density at radius 3 is 2.35 bits per heavy atom. The van der Waals surface area contributed by atoms with Gasteiger partial charge in [-0.05, 0) is 12.1 Å². The molecule has 0 amide bonds. The van der Waals surface area contributed by atoms with Crippen molar-refractivity contribution in [3.63, 3.8) is 0 Å². The van der Waals surface area contributed by atoms with E-state index in [0.29, 0.717) is 49.8 Å². The van der Waals surface area contributed by atoms with Crippen LogP contribution in [0.3, 0.4) is 0 Å². The summed E-state index contributed by atoms with van der Waals surface area (Å²) in [5, 5.41) is 14.8. The molecule has 1 aliphatic heterocycles. The van der Waals surface area contributed by atoms with Crippen molar-refractivity contribution in [3.05, 3.63) is 51.8 Å². The van der Waals surface area contributed by atoms with Crippen LogP contribution in [0.1, 0.15) is 11.4 Å². The number of halogens is 2. The SMILES string of the molecule is COc1cc(OCc2nnc3n2N=C(c2ccc(Cl)c(Cl)c2)CS3)cc(OC)c1OC. The third-order valence-corrected chi connectivity index (χ3v) is 6.16. The lowest BCUT2D eigenvalue weighted by molar-refractivity contribution is 0.279. The number of ether oxygens (including phenoxy) is 4. The first-order valence-electron chi connectivity index (χ1n) is 9.07. The quantitative estimate of drug-likeness (QED) is 0.490. The summed E-state index contributed by atoms with van der Waals surface area (Å²) in [4.78, 5) is 0. The van der Waals surface area contributed by atoms with Crippen LogP contribution < -0.4 is 18.9 Å². The van der Waals surface area contributed by atoms with Crippen molar-refractivity contribution >= 4 is 40.7 Å². The third-order valence-electron chi connectivity index (χ3n) is 4.49. The minimum atomic E-state index is 0.143. The van der Waals surface area contributed by atoms with E-state index in [4.69, 9.17) is 42.1 Å². The normalized spacial score (nSPS) is 12.7. The van der Waals surface area contributed by atoms with E-state index in [1.54, 1.807) is 50.3 Å². The van der Waals surface area contributed by atoms with E-state index < -0.39 is 0 Å². The van der Waals surface area contributed by atoms with E-state index in [1.165, 1.54) is 11.8 Å². The molecule has 1 aliphatic rings. The smallest absolute Gasteiger partial charge is 0.212 e. The number of methoxy groups -OCH3 is 3. The van der Waals surface area contributed by atoms with Gasteiger partial charge in [-0.1, -0.05) is 41.0 Å². The fourth-order valence-corrected chi connectivity index (χ4v) is 4.12. The summed E-state index contributed by atoms with van der Waals surface area (Å²) in [6.07, 6.45) is 0. The highest BCUT2D eigenvalue weighted by Crippen LogP contribution is 2.41. The number of thioether (sulfide) groups is 1. The van der Waals surface area contributed by atoms with Crippen molar-refractivity contribution in [1.82, 2.24) is 14.9 Å². The molecule has 0 radical (unpaired) electrons. The van der Waals surface area contributed by atoms with Crippen LogP contribution in [0.5, 0.6) is 23.0 Å². The van der Waals surface area contributed by atoms with Gasteiger partial charge in [0.05, 0.1) is 37.1 Å². The predicted octanol–water partition coefficient (Wildman–Crippen LogP) is 4.55. The first-order chi connectivity index (χ1) is 15.0. The topological polar surface area (TPSA) is 80.0 Å². The molecule has 0 fully saturated rings. The first-order valence-corrected chi connectivity index (χ1v) is 10.8. The van der Waals surface area contributed by atoms with Crippen LogP contribution in [0, 0.1) is 0 Å². The van der Waals surface area contributed by atoms with E-state index in [1.807, 2.05) is 6.07 Å². The Balaban J connectivity index is 1.58. The molecular weight excluding hydrogens is 463 g/mol. The number of nitrogens with zero attached hydrogens (tertiary/aromatic N) is 4. The molecule has 0 saturated carbocycles. The van der Waals surface area contributed by atoms with Gasteiger partial charge in [0, 0.05) is 23.4 Å². The van der Waals surface area contributed by atoms with Crippen molar-refractivity contribution in [1.29, 1.82) is 0 Å². The molecule has 4 rings (SSSR count). The highest BCUT2D eigenvalue weighted by molar-refractivity contribution is 7.99. The number of hydrogen-bond acceptors (Lipinski definition) is 8. The standard InChI is InChI=1S/C20H18Cl2N4O4S/c1-27-16-7-12(8-17(28-2)19(16)29-3)30-9-18-23-24-20-26(18)25-15(10-31-20)11-4-5-13(21)14(22)6-11/h4-8H,9-10H2,1-3H3. The van der Waals surface area contributed by atoms with Gasteiger partial charge < -0.3 is 18.9 Å². The molecule has 0 N–H and O–H groups in total. The number of rotatable bonds is 7. The van der Waals surface area contributed by atoms with Crippen molar-refractivity contribution in [2.75, 3.05) is 27.1 Å². The van der Waals surface area contributed by atoms with Crippen LogP contribution in [0.2, 0.25) is 10.0 Å². The summed E-state index contributed by atoms with van der Waals surface area (Å²) in [5.41, 5.74) is 1.72. The minimum Gasteiger partial charge on any atom is -0.493 e. The molecule has 2 aromatic carbocycles. The van der Waals surface area contributed by atoms with Crippen LogP contribution >= 0.6 is 35.0 Å². The molecular formula is C20H18Cl2N4O4S. The van der Waals surface area contributed by atoms with E-state index >= 15 is 0 Å². The highest BCUT2D eigenvalue weighted by atomic mass is 35.5. The lowest BCUT2D eigenvalue weighted by Gasteiger charge is -2.16. The van der Waals surface area contributed by atoms with Gasteiger partial charge in [-0.15, -0.1) is 10.2 Å². The average molecular weight is 481 g/mol. The van der Waals surface area contributed by atoms with Gasteiger partial charge in [0.15, 0.2) is 17.3 Å². The molecule has 0 spiro atoms. The largest absolute Gasteiger partial charge is 0.493 e. The molecule has 1 aromatic heterocycles. The zero-order valence-electron chi connectivity index (χ0n) is 16.9. The molecule has 11 heteroatoms. The molecule has 3 aromatic rings. The second-order valence-corrected chi connectivity index (χ2v) is 8.08. The summed E-state index contributed by atoms with van der Waals surface area (Å²) in [6.45, 7) is 0.143. The molecule has 31 heavy (non-hydrogen) atoms. The van der Waals surface area contributed by atoms with Gasteiger partial charge in [0.25, 0.3) is 0 Å². The maximum atomic E-state index is 6.16. The number of aromatic nitrogens is 3. The monoisotopic (exact) mass is 480 g/mol. The second-order valence-electron chi connectivity index (χ2n) is 6.32. The second kappa shape index (κ2) is 9.25. The van der Waals surface area contributed by atoms with Gasteiger partial charge >= 0.3 is 0 Å². The summed E-state index contributed by atoms with van der Waals surface area (Å²) < 4.78 is 23.7. The Morgan fingerprint density at radius 1 is 0.968 bits per heavy atom. The summed E-state index contributed by atoms with van der Waals surface area (Å²) >= 11 is 13.7. The fraction of sp³-hybridized carbons (Fsp3) is 0.250. The van der Waals surface area contributed by atoms with Crippen LogP contribution in [0.4, 0.5) is 0 Å². The van der Waals surface area contributed by atoms with Gasteiger partial charge in [-0.3, -0.25) is 0 Å². The van der Waals surface area contributed by atoms with Crippen LogP contribution in [0.15, 0.2) is 40.6 Å². The zero-order chi connectivity index (χ0) is 22.0. The van der Waals surface area contributed by atoms with Crippen LogP contribution in [-0.2, 0) is 6.61 Å². The summed E-state index contributed by atoms with van der Waals surface area (Å²) in [7, 11) is 4.64. The maximum absolute atomic E-state index is 6.16. The van der Waals surface area contributed by atoms with Gasteiger partial charge in [0.1, 0.15) is 12.4 Å². The van der Waals surface area contributed by atoms with E-state index in [9.17, 15) is 0 Å².